The van der Waals surface area contributed by atoms with Gasteiger partial charge in [-0.05, 0) is 42.5 Å². The van der Waals surface area contributed by atoms with E-state index in [1.807, 2.05) is 4.90 Å². The van der Waals surface area contributed by atoms with Gasteiger partial charge >= 0.3 is 0 Å². The Morgan fingerprint density at radius 2 is 1.48 bits per heavy atom. The Balaban J connectivity index is 1.80. The van der Waals surface area contributed by atoms with Crippen LogP contribution in [0.25, 0.3) is 0 Å². The van der Waals surface area contributed by atoms with Crippen LogP contribution in [-0.2, 0) is 20.0 Å². The number of halogens is 1. The van der Waals surface area contributed by atoms with Crippen LogP contribution in [0.3, 0.4) is 0 Å². The van der Waals surface area contributed by atoms with Crippen molar-refractivity contribution in [3.63, 3.8) is 0 Å². The molecule has 0 amide bonds. The highest BCUT2D eigenvalue weighted by Crippen LogP contribution is 2.25. The zero-order valence-corrected chi connectivity index (χ0v) is 15.9. The number of sulfonamides is 2. The van der Waals surface area contributed by atoms with Crippen molar-refractivity contribution in [3.8, 4) is 0 Å². The molecule has 0 aliphatic carbocycles. The number of piperazine rings is 1. The second-order valence-electron chi connectivity index (χ2n) is 6.11. The highest BCUT2D eigenvalue weighted by atomic mass is 32.2. The molecule has 1 heterocycles. The summed E-state index contributed by atoms with van der Waals surface area (Å²) in [5, 5.41) is 5.09. The lowest BCUT2D eigenvalue weighted by atomic mass is 10.2. The van der Waals surface area contributed by atoms with Crippen LogP contribution in [0.2, 0.25) is 0 Å². The van der Waals surface area contributed by atoms with Gasteiger partial charge in [0.25, 0.3) is 0 Å². The van der Waals surface area contributed by atoms with Crippen molar-refractivity contribution in [2.75, 3.05) is 36.8 Å². The summed E-state index contributed by atoms with van der Waals surface area (Å²) in [6, 6.07) is 9.42. The predicted molar refractivity (Wildman–Crippen MR) is 99.6 cm³/mol. The average molecular weight is 414 g/mol. The molecule has 0 unspecified atom stereocenters. The van der Waals surface area contributed by atoms with Crippen LogP contribution in [0.1, 0.15) is 0 Å². The van der Waals surface area contributed by atoms with Gasteiger partial charge in [0.15, 0.2) is 0 Å². The van der Waals surface area contributed by atoms with Crippen LogP contribution >= 0.6 is 0 Å². The fourth-order valence-electron chi connectivity index (χ4n) is 2.91. The Kier molecular flexibility index (Phi) is 5.12. The minimum Gasteiger partial charge on any atom is -0.398 e. The summed E-state index contributed by atoms with van der Waals surface area (Å²) >= 11 is 0. The highest BCUT2D eigenvalue weighted by Gasteiger charge is 2.30. The van der Waals surface area contributed by atoms with Crippen LogP contribution in [0.5, 0.6) is 0 Å². The Morgan fingerprint density at radius 3 is 2.04 bits per heavy atom. The minimum absolute atomic E-state index is 0.113. The third kappa shape index (κ3) is 4.05. The standard InChI is InChI=1S/C16H19FN4O4S2/c17-12-1-3-13(4-2-12)20-7-9-21(10-8-20)27(24,25)14-5-6-15(18)16(11-14)26(19,22)23/h1-6,11H,7-10,18H2,(H2,19,22,23). The molecule has 27 heavy (non-hydrogen) atoms. The SMILES string of the molecule is Nc1ccc(S(=O)(=O)N2CCN(c3ccc(F)cc3)CC2)cc1S(N)(=O)=O. The van der Waals surface area contributed by atoms with E-state index in [1.54, 1.807) is 12.1 Å². The highest BCUT2D eigenvalue weighted by molar-refractivity contribution is 7.90. The molecular weight excluding hydrogens is 395 g/mol. The van der Waals surface area contributed by atoms with Crippen LogP contribution in [-0.4, -0.2) is 47.3 Å². The van der Waals surface area contributed by atoms with E-state index in [0.717, 1.165) is 11.8 Å². The number of hydrogen-bond acceptors (Lipinski definition) is 6. The Bertz CT molecular complexity index is 1050. The number of rotatable bonds is 4. The molecule has 0 aromatic heterocycles. The lowest BCUT2D eigenvalue weighted by Gasteiger charge is -2.35. The number of anilines is 2. The molecule has 4 N–H and O–H groups in total. The van der Waals surface area contributed by atoms with Gasteiger partial charge in [-0.15, -0.1) is 0 Å². The number of hydrogen-bond donors (Lipinski definition) is 2. The van der Waals surface area contributed by atoms with E-state index in [4.69, 9.17) is 10.9 Å². The van der Waals surface area contributed by atoms with E-state index in [0.29, 0.717) is 13.1 Å². The van der Waals surface area contributed by atoms with Gasteiger partial charge in [-0.1, -0.05) is 0 Å². The fraction of sp³-hybridized carbons (Fsp3) is 0.250. The maximum Gasteiger partial charge on any atom is 0.243 e. The number of primary sulfonamides is 1. The van der Waals surface area contributed by atoms with E-state index in [2.05, 4.69) is 0 Å². The summed E-state index contributed by atoms with van der Waals surface area (Å²) in [5.41, 5.74) is 6.28. The van der Waals surface area contributed by atoms with Crippen molar-refractivity contribution in [2.24, 2.45) is 5.14 Å². The quantitative estimate of drug-likeness (QED) is 0.704. The van der Waals surface area contributed by atoms with Gasteiger partial charge in [0, 0.05) is 31.9 Å². The number of nitrogen functional groups attached to an aromatic ring is 1. The van der Waals surface area contributed by atoms with Crippen molar-refractivity contribution in [3.05, 3.63) is 48.3 Å². The molecule has 0 saturated carbocycles. The van der Waals surface area contributed by atoms with Gasteiger partial charge in [-0.2, -0.15) is 4.31 Å². The minimum atomic E-state index is -4.14. The Morgan fingerprint density at radius 1 is 0.889 bits per heavy atom. The van der Waals surface area contributed by atoms with E-state index >= 15 is 0 Å². The number of benzene rings is 2. The second-order valence-corrected chi connectivity index (χ2v) is 9.58. The van der Waals surface area contributed by atoms with Gasteiger partial charge in [-0.25, -0.2) is 26.4 Å². The molecular formula is C16H19FN4O4S2. The summed E-state index contributed by atoms with van der Waals surface area (Å²) < 4.78 is 63.2. The lowest BCUT2D eigenvalue weighted by molar-refractivity contribution is 0.385. The van der Waals surface area contributed by atoms with Crippen LogP contribution in [0, 0.1) is 5.82 Å². The Hall–Kier alpha value is -2.21. The van der Waals surface area contributed by atoms with Gasteiger partial charge in [0.2, 0.25) is 20.0 Å². The molecule has 2 aromatic carbocycles. The van der Waals surface area contributed by atoms with E-state index in [1.165, 1.54) is 28.6 Å². The predicted octanol–water partition coefficient (Wildman–Crippen LogP) is 0.566. The molecule has 0 bridgehead atoms. The van der Waals surface area contributed by atoms with Gasteiger partial charge in [0.05, 0.1) is 10.6 Å². The number of nitrogens with zero attached hydrogens (tertiary/aromatic N) is 2. The number of nitrogens with two attached hydrogens (primary N) is 2. The summed E-state index contributed by atoms with van der Waals surface area (Å²) in [4.78, 5) is 1.34. The first-order chi connectivity index (χ1) is 12.6. The van der Waals surface area contributed by atoms with Crippen LogP contribution in [0.15, 0.2) is 52.3 Å². The maximum absolute atomic E-state index is 13.0. The van der Waals surface area contributed by atoms with E-state index in [9.17, 15) is 21.2 Å². The van der Waals surface area contributed by atoms with Gasteiger partial charge in [-0.3, -0.25) is 0 Å². The topological polar surface area (TPSA) is 127 Å². The summed E-state index contributed by atoms with van der Waals surface area (Å²) in [6.45, 7) is 1.24. The average Bonchev–Trinajstić information content (AvgIpc) is 2.62. The molecule has 146 valence electrons. The molecule has 11 heteroatoms. The summed E-state index contributed by atoms with van der Waals surface area (Å²) in [6.07, 6.45) is 0. The third-order valence-corrected chi connectivity index (χ3v) is 7.22. The van der Waals surface area contributed by atoms with Crippen molar-refractivity contribution in [1.29, 1.82) is 0 Å². The molecule has 2 aromatic rings. The molecule has 0 atom stereocenters. The first-order valence-corrected chi connectivity index (χ1v) is 11.0. The van der Waals surface area contributed by atoms with E-state index in [-0.39, 0.29) is 29.5 Å². The molecule has 0 spiro atoms. The first-order valence-electron chi connectivity index (χ1n) is 8.02. The monoisotopic (exact) mass is 414 g/mol. The lowest BCUT2D eigenvalue weighted by Crippen LogP contribution is -2.48. The van der Waals surface area contributed by atoms with Crippen molar-refractivity contribution in [2.45, 2.75) is 9.79 Å². The van der Waals surface area contributed by atoms with Crippen molar-refractivity contribution < 1.29 is 21.2 Å². The maximum atomic E-state index is 13.0. The van der Waals surface area contributed by atoms with Crippen LogP contribution in [0.4, 0.5) is 15.8 Å². The summed E-state index contributed by atoms with van der Waals surface area (Å²) in [5.74, 6) is -0.339. The van der Waals surface area contributed by atoms with Gasteiger partial charge in [0.1, 0.15) is 10.7 Å². The van der Waals surface area contributed by atoms with Crippen LogP contribution < -0.4 is 15.8 Å². The normalized spacial score (nSPS) is 16.4. The van der Waals surface area contributed by atoms with Gasteiger partial charge < -0.3 is 10.6 Å². The first kappa shape index (κ1) is 19.5. The fourth-order valence-corrected chi connectivity index (χ4v) is 5.12. The zero-order chi connectivity index (χ0) is 19.8. The molecule has 1 aliphatic heterocycles. The molecule has 1 saturated heterocycles. The largest absolute Gasteiger partial charge is 0.398 e. The van der Waals surface area contributed by atoms with Crippen molar-refractivity contribution in [1.82, 2.24) is 4.31 Å². The second kappa shape index (κ2) is 7.08. The van der Waals surface area contributed by atoms with E-state index < -0.39 is 24.9 Å². The Labute approximate surface area is 157 Å². The molecule has 1 aliphatic rings. The summed E-state index contributed by atoms with van der Waals surface area (Å²) in [7, 11) is -8.04. The molecule has 1 fully saturated rings. The molecule has 0 radical (unpaired) electrons. The smallest absolute Gasteiger partial charge is 0.243 e. The van der Waals surface area contributed by atoms with Crippen molar-refractivity contribution >= 4 is 31.4 Å². The molecule has 8 nitrogen and oxygen atoms in total. The molecule has 3 rings (SSSR count). The third-order valence-electron chi connectivity index (χ3n) is 4.36. The zero-order valence-electron chi connectivity index (χ0n) is 14.2.